The SMILES string of the molecule is CC(C)(C)OC(=O)N[C@H](Cc1ccc(-c2cccc(Cl)c2)cc1)C[C@@H](CO)C(=O)O. The van der Waals surface area contributed by atoms with Crippen molar-refractivity contribution >= 4 is 23.7 Å². The molecule has 0 saturated heterocycles. The van der Waals surface area contributed by atoms with Crippen LogP contribution in [0.2, 0.25) is 5.02 Å². The highest BCUT2D eigenvalue weighted by molar-refractivity contribution is 6.30. The highest BCUT2D eigenvalue weighted by atomic mass is 35.5. The molecule has 0 aliphatic carbocycles. The highest BCUT2D eigenvalue weighted by Gasteiger charge is 2.25. The van der Waals surface area contributed by atoms with E-state index < -0.39 is 36.2 Å². The van der Waals surface area contributed by atoms with Gasteiger partial charge >= 0.3 is 12.1 Å². The van der Waals surface area contributed by atoms with Crippen molar-refractivity contribution in [3.05, 3.63) is 59.1 Å². The number of hydrogen-bond donors (Lipinski definition) is 3. The monoisotopic (exact) mass is 433 g/mol. The van der Waals surface area contributed by atoms with Gasteiger partial charge in [0.1, 0.15) is 5.60 Å². The number of amides is 1. The summed E-state index contributed by atoms with van der Waals surface area (Å²) in [7, 11) is 0. The van der Waals surface area contributed by atoms with Crippen LogP contribution in [0.1, 0.15) is 32.8 Å². The summed E-state index contributed by atoms with van der Waals surface area (Å²) >= 11 is 6.06. The summed E-state index contributed by atoms with van der Waals surface area (Å²) in [6, 6.07) is 14.8. The zero-order valence-electron chi connectivity index (χ0n) is 17.4. The van der Waals surface area contributed by atoms with Gasteiger partial charge in [0.05, 0.1) is 12.5 Å². The van der Waals surface area contributed by atoms with Crippen molar-refractivity contribution in [1.29, 1.82) is 0 Å². The second kappa shape index (κ2) is 10.5. The van der Waals surface area contributed by atoms with E-state index in [1.54, 1.807) is 20.8 Å². The van der Waals surface area contributed by atoms with Crippen molar-refractivity contribution in [2.75, 3.05) is 6.61 Å². The van der Waals surface area contributed by atoms with Crippen LogP contribution in [0.4, 0.5) is 4.79 Å². The summed E-state index contributed by atoms with van der Waals surface area (Å²) in [4.78, 5) is 23.6. The van der Waals surface area contributed by atoms with Crippen molar-refractivity contribution < 1.29 is 24.5 Å². The maximum atomic E-state index is 12.2. The van der Waals surface area contributed by atoms with E-state index in [1.165, 1.54) is 0 Å². The summed E-state index contributed by atoms with van der Waals surface area (Å²) in [6.45, 7) is 4.76. The number of aliphatic hydroxyl groups excluding tert-OH is 1. The molecule has 7 heteroatoms. The van der Waals surface area contributed by atoms with Gasteiger partial charge in [0.2, 0.25) is 0 Å². The highest BCUT2D eigenvalue weighted by Crippen LogP contribution is 2.24. The van der Waals surface area contributed by atoms with Crippen molar-refractivity contribution in [2.45, 2.75) is 45.3 Å². The van der Waals surface area contributed by atoms with E-state index >= 15 is 0 Å². The molecule has 0 fully saturated rings. The molecular weight excluding hydrogens is 406 g/mol. The Morgan fingerprint density at radius 3 is 2.30 bits per heavy atom. The zero-order valence-corrected chi connectivity index (χ0v) is 18.1. The normalized spacial score (nSPS) is 13.4. The lowest BCUT2D eigenvalue weighted by molar-refractivity contribution is -0.143. The van der Waals surface area contributed by atoms with Gasteiger partial charge in [0.15, 0.2) is 0 Å². The first-order chi connectivity index (χ1) is 14.1. The van der Waals surface area contributed by atoms with E-state index in [0.29, 0.717) is 11.4 Å². The Labute approximate surface area is 181 Å². The average molecular weight is 434 g/mol. The lowest BCUT2D eigenvalue weighted by Crippen LogP contribution is -2.42. The summed E-state index contributed by atoms with van der Waals surface area (Å²) in [5, 5.41) is 22.1. The fraction of sp³-hybridized carbons (Fsp3) is 0.391. The lowest BCUT2D eigenvalue weighted by Gasteiger charge is -2.25. The number of halogens is 1. The molecule has 0 aliphatic rings. The van der Waals surface area contributed by atoms with Crippen LogP contribution in [0.5, 0.6) is 0 Å². The Hall–Kier alpha value is -2.57. The maximum absolute atomic E-state index is 12.2. The Morgan fingerprint density at radius 1 is 1.10 bits per heavy atom. The molecule has 0 saturated carbocycles. The number of nitrogens with one attached hydrogen (secondary N) is 1. The third-order valence-corrected chi connectivity index (χ3v) is 4.69. The average Bonchev–Trinajstić information content (AvgIpc) is 2.64. The first-order valence-corrected chi connectivity index (χ1v) is 10.1. The van der Waals surface area contributed by atoms with Crippen molar-refractivity contribution in [3.63, 3.8) is 0 Å². The van der Waals surface area contributed by atoms with Crippen molar-refractivity contribution in [2.24, 2.45) is 5.92 Å². The molecule has 0 aromatic heterocycles. The second-order valence-electron chi connectivity index (χ2n) is 8.21. The molecule has 3 N–H and O–H groups in total. The quantitative estimate of drug-likeness (QED) is 0.568. The number of hydrogen-bond acceptors (Lipinski definition) is 4. The molecular formula is C23H28ClNO5. The second-order valence-corrected chi connectivity index (χ2v) is 8.64. The Bertz CT molecular complexity index is 861. The summed E-state index contributed by atoms with van der Waals surface area (Å²) in [6.07, 6.45) is -0.134. The largest absolute Gasteiger partial charge is 0.481 e. The minimum atomic E-state index is -1.11. The van der Waals surface area contributed by atoms with Gasteiger partial charge in [0.25, 0.3) is 0 Å². The number of ether oxygens (including phenoxy) is 1. The van der Waals surface area contributed by atoms with Crippen LogP contribution in [0, 0.1) is 5.92 Å². The number of carbonyl (C=O) groups is 2. The Balaban J connectivity index is 2.15. The van der Waals surface area contributed by atoms with Gasteiger partial charge in [-0.25, -0.2) is 4.79 Å². The van der Waals surface area contributed by atoms with Crippen LogP contribution < -0.4 is 5.32 Å². The molecule has 0 unspecified atom stereocenters. The van der Waals surface area contributed by atoms with Crippen LogP contribution in [0.15, 0.2) is 48.5 Å². The third-order valence-electron chi connectivity index (χ3n) is 4.45. The number of carbonyl (C=O) groups excluding carboxylic acids is 1. The number of aliphatic carboxylic acids is 1. The minimum Gasteiger partial charge on any atom is -0.481 e. The van der Waals surface area contributed by atoms with Gasteiger partial charge in [-0.2, -0.15) is 0 Å². The predicted octanol–water partition coefficient (Wildman–Crippen LogP) is 4.53. The maximum Gasteiger partial charge on any atom is 0.407 e. The number of carboxylic acids is 1. The fourth-order valence-corrected chi connectivity index (χ4v) is 3.24. The van der Waals surface area contributed by atoms with E-state index in [4.69, 9.17) is 16.3 Å². The van der Waals surface area contributed by atoms with Crippen LogP contribution in [-0.4, -0.2) is 40.5 Å². The summed E-state index contributed by atoms with van der Waals surface area (Å²) in [5.74, 6) is -2.08. The van der Waals surface area contributed by atoms with Crippen molar-refractivity contribution in [3.8, 4) is 11.1 Å². The molecule has 2 aromatic carbocycles. The number of aliphatic hydroxyl groups is 1. The smallest absolute Gasteiger partial charge is 0.407 e. The van der Waals surface area contributed by atoms with E-state index in [1.807, 2.05) is 48.5 Å². The van der Waals surface area contributed by atoms with E-state index in [-0.39, 0.29) is 6.42 Å². The van der Waals surface area contributed by atoms with Crippen LogP contribution >= 0.6 is 11.6 Å². The number of alkyl carbamates (subject to hydrolysis) is 1. The molecule has 30 heavy (non-hydrogen) atoms. The molecule has 0 radical (unpaired) electrons. The summed E-state index contributed by atoms with van der Waals surface area (Å²) < 4.78 is 5.30. The molecule has 2 aromatic rings. The standard InChI is InChI=1S/C23H28ClNO5/c1-23(2,3)30-22(29)25-20(13-18(14-26)21(27)28)11-15-7-9-16(10-8-15)17-5-4-6-19(24)12-17/h4-10,12,18,20,26H,11,13-14H2,1-3H3,(H,25,29)(H,27,28)/t18-,20+/m0/s1. The van der Waals surface area contributed by atoms with E-state index in [2.05, 4.69) is 5.32 Å². The third kappa shape index (κ3) is 7.69. The first kappa shape index (κ1) is 23.7. The summed E-state index contributed by atoms with van der Waals surface area (Å²) in [5.41, 5.74) is 2.24. The van der Waals surface area contributed by atoms with Gasteiger partial charge in [-0.3, -0.25) is 4.79 Å². The van der Waals surface area contributed by atoms with Crippen molar-refractivity contribution in [1.82, 2.24) is 5.32 Å². The van der Waals surface area contributed by atoms with Gasteiger partial charge in [0, 0.05) is 11.1 Å². The van der Waals surface area contributed by atoms with Gasteiger partial charge in [-0.15, -0.1) is 0 Å². The zero-order chi connectivity index (χ0) is 22.3. The molecule has 0 bridgehead atoms. The fourth-order valence-electron chi connectivity index (χ4n) is 3.05. The number of rotatable bonds is 8. The van der Waals surface area contributed by atoms with E-state index in [0.717, 1.165) is 16.7 Å². The number of benzene rings is 2. The van der Waals surface area contributed by atoms with Crippen LogP contribution in [0.25, 0.3) is 11.1 Å². The molecule has 0 aliphatic heterocycles. The first-order valence-electron chi connectivity index (χ1n) is 9.75. The van der Waals surface area contributed by atoms with Gasteiger partial charge in [-0.1, -0.05) is 48.0 Å². The topological polar surface area (TPSA) is 95.9 Å². The molecule has 162 valence electrons. The van der Waals surface area contributed by atoms with Crippen LogP contribution in [0.3, 0.4) is 0 Å². The minimum absolute atomic E-state index is 0.0844. The molecule has 1 amide bonds. The molecule has 0 spiro atoms. The molecule has 0 heterocycles. The van der Waals surface area contributed by atoms with Gasteiger partial charge in [-0.05, 0) is 62.4 Å². The predicted molar refractivity (Wildman–Crippen MR) is 117 cm³/mol. The van der Waals surface area contributed by atoms with Crippen LogP contribution in [-0.2, 0) is 16.0 Å². The van der Waals surface area contributed by atoms with E-state index in [9.17, 15) is 19.8 Å². The van der Waals surface area contributed by atoms with Gasteiger partial charge < -0.3 is 20.3 Å². The molecule has 2 atom stereocenters. The molecule has 6 nitrogen and oxygen atoms in total. The Morgan fingerprint density at radius 2 is 1.77 bits per heavy atom. The lowest BCUT2D eigenvalue weighted by atomic mass is 9.94. The number of carboxylic acid groups (broad SMARTS) is 1. The molecule has 2 rings (SSSR count). The Kier molecular flexibility index (Phi) is 8.26.